The van der Waals surface area contributed by atoms with Gasteiger partial charge in [-0.3, -0.25) is 5.32 Å². The molecule has 0 aliphatic heterocycles. The van der Waals surface area contributed by atoms with Crippen LogP contribution in [-0.2, 0) is 12.8 Å². The first-order valence-electron chi connectivity index (χ1n) is 8.53. The summed E-state index contributed by atoms with van der Waals surface area (Å²) >= 11 is 0. The van der Waals surface area contributed by atoms with Crippen molar-refractivity contribution in [2.75, 3.05) is 0 Å². The summed E-state index contributed by atoms with van der Waals surface area (Å²) in [6, 6.07) is 3.67. The first-order chi connectivity index (χ1) is 10.3. The third-order valence-electron chi connectivity index (χ3n) is 5.45. The zero-order valence-corrected chi connectivity index (χ0v) is 12.6. The van der Waals surface area contributed by atoms with E-state index >= 15 is 0 Å². The van der Waals surface area contributed by atoms with E-state index in [1.165, 1.54) is 49.9 Å². The summed E-state index contributed by atoms with van der Waals surface area (Å²) in [6.07, 6.45) is 13.7. The second kappa shape index (κ2) is 5.14. The number of hydrogen-bond donors (Lipinski definition) is 1. The highest BCUT2D eigenvalue weighted by Crippen LogP contribution is 2.39. The summed E-state index contributed by atoms with van der Waals surface area (Å²) in [4.78, 5) is 4.64. The van der Waals surface area contributed by atoms with Gasteiger partial charge in [-0.05, 0) is 64.2 Å². The molecule has 1 N–H and O–H groups in total. The molecule has 0 saturated heterocycles. The zero-order valence-electron chi connectivity index (χ0n) is 12.6. The van der Waals surface area contributed by atoms with Crippen molar-refractivity contribution in [3.63, 3.8) is 0 Å². The van der Waals surface area contributed by atoms with Crippen molar-refractivity contribution in [3.05, 3.63) is 17.7 Å². The molecule has 0 radical (unpaired) electrons. The van der Waals surface area contributed by atoms with Crippen molar-refractivity contribution >= 4 is 0 Å². The van der Waals surface area contributed by atoms with E-state index < -0.39 is 0 Å². The molecule has 0 amide bonds. The monoisotopic (exact) mass is 284 g/mol. The Bertz CT molecular complexity index is 566. The zero-order chi connectivity index (χ0) is 14.3. The molecule has 2 saturated carbocycles. The lowest BCUT2D eigenvalue weighted by Gasteiger charge is -2.38. The molecule has 0 spiro atoms. The van der Waals surface area contributed by atoms with Crippen molar-refractivity contribution in [2.45, 2.75) is 81.8 Å². The van der Waals surface area contributed by atoms with Gasteiger partial charge >= 0.3 is 0 Å². The van der Waals surface area contributed by atoms with Crippen molar-refractivity contribution in [3.8, 4) is 6.07 Å². The first-order valence-corrected chi connectivity index (χ1v) is 8.53. The molecule has 4 heteroatoms. The first kappa shape index (κ1) is 13.3. The van der Waals surface area contributed by atoms with Crippen molar-refractivity contribution in [1.29, 1.82) is 5.26 Å². The molecule has 112 valence electrons. The number of imidazole rings is 1. The van der Waals surface area contributed by atoms with Crippen LogP contribution in [-0.4, -0.2) is 21.1 Å². The standard InChI is InChI=1S/C17H24N4/c18-11-17(20-13-7-8-13)9-3-4-14(10-17)21-12-19-15-5-1-2-6-16(15)21/h12-14,20H,1-10H2. The van der Waals surface area contributed by atoms with Gasteiger partial charge in [-0.1, -0.05) is 0 Å². The van der Waals surface area contributed by atoms with Crippen LogP contribution in [0.4, 0.5) is 0 Å². The lowest BCUT2D eigenvalue weighted by atomic mass is 9.79. The highest BCUT2D eigenvalue weighted by Gasteiger charge is 2.41. The predicted octanol–water partition coefficient (Wildman–Crippen LogP) is 2.89. The molecule has 4 rings (SSSR count). The number of nitriles is 1. The Balaban J connectivity index is 1.57. The minimum Gasteiger partial charge on any atom is -0.331 e. The normalized spacial score (nSPS) is 32.4. The van der Waals surface area contributed by atoms with Gasteiger partial charge in [0.1, 0.15) is 5.54 Å². The van der Waals surface area contributed by atoms with E-state index in [0.29, 0.717) is 12.1 Å². The Hall–Kier alpha value is -1.34. The van der Waals surface area contributed by atoms with Gasteiger partial charge in [-0.25, -0.2) is 4.98 Å². The van der Waals surface area contributed by atoms with Gasteiger partial charge in [0.15, 0.2) is 0 Å². The molecule has 2 fully saturated rings. The second-order valence-electron chi connectivity index (χ2n) is 7.12. The molecule has 2 unspecified atom stereocenters. The highest BCUT2D eigenvalue weighted by atomic mass is 15.1. The van der Waals surface area contributed by atoms with E-state index in [2.05, 4.69) is 20.9 Å². The van der Waals surface area contributed by atoms with Crippen LogP contribution in [0.25, 0.3) is 0 Å². The van der Waals surface area contributed by atoms with Crippen LogP contribution >= 0.6 is 0 Å². The number of nitrogens with zero attached hydrogens (tertiary/aromatic N) is 3. The van der Waals surface area contributed by atoms with Gasteiger partial charge < -0.3 is 4.57 Å². The fraction of sp³-hybridized carbons (Fsp3) is 0.765. The summed E-state index contributed by atoms with van der Waals surface area (Å²) in [5.41, 5.74) is 2.46. The Kier molecular flexibility index (Phi) is 3.26. The number of rotatable bonds is 3. The summed E-state index contributed by atoms with van der Waals surface area (Å²) in [5.74, 6) is 0. The summed E-state index contributed by atoms with van der Waals surface area (Å²) in [5, 5.41) is 13.4. The van der Waals surface area contributed by atoms with Crippen LogP contribution in [0, 0.1) is 11.3 Å². The third-order valence-corrected chi connectivity index (χ3v) is 5.45. The fourth-order valence-electron chi connectivity index (χ4n) is 4.17. The average molecular weight is 284 g/mol. The minimum absolute atomic E-state index is 0.296. The van der Waals surface area contributed by atoms with E-state index in [-0.39, 0.29) is 5.54 Å². The predicted molar refractivity (Wildman–Crippen MR) is 80.9 cm³/mol. The Morgan fingerprint density at radius 2 is 2.10 bits per heavy atom. The molecule has 3 aliphatic rings. The van der Waals surface area contributed by atoms with Crippen LogP contribution in [0.5, 0.6) is 0 Å². The number of aryl methyl sites for hydroxylation is 1. The lowest BCUT2D eigenvalue weighted by Crippen LogP contribution is -2.49. The number of hydrogen-bond acceptors (Lipinski definition) is 3. The third kappa shape index (κ3) is 2.48. The summed E-state index contributed by atoms with van der Waals surface area (Å²) < 4.78 is 2.41. The van der Waals surface area contributed by atoms with Crippen molar-refractivity contribution in [2.24, 2.45) is 0 Å². The maximum absolute atomic E-state index is 9.73. The largest absolute Gasteiger partial charge is 0.331 e. The van der Waals surface area contributed by atoms with E-state index in [4.69, 9.17) is 0 Å². The maximum atomic E-state index is 9.73. The fourth-order valence-corrected chi connectivity index (χ4v) is 4.17. The summed E-state index contributed by atoms with van der Waals surface area (Å²) in [6.45, 7) is 0. The number of fused-ring (bicyclic) bond motifs is 1. The smallest absolute Gasteiger partial charge is 0.108 e. The molecule has 0 bridgehead atoms. The molecule has 0 aromatic carbocycles. The molecular formula is C17H24N4. The molecule has 1 aromatic heterocycles. The van der Waals surface area contributed by atoms with E-state index in [1.807, 2.05) is 6.33 Å². The quantitative estimate of drug-likeness (QED) is 0.928. The van der Waals surface area contributed by atoms with Crippen LogP contribution < -0.4 is 5.32 Å². The molecule has 21 heavy (non-hydrogen) atoms. The lowest BCUT2D eigenvalue weighted by molar-refractivity contribution is 0.225. The Morgan fingerprint density at radius 3 is 2.90 bits per heavy atom. The van der Waals surface area contributed by atoms with Gasteiger partial charge in [0, 0.05) is 17.8 Å². The molecule has 1 aromatic rings. The topological polar surface area (TPSA) is 53.6 Å². The van der Waals surface area contributed by atoms with E-state index in [9.17, 15) is 5.26 Å². The number of aromatic nitrogens is 2. The van der Waals surface area contributed by atoms with Gasteiger partial charge in [0.05, 0.1) is 18.1 Å². The average Bonchev–Trinajstić information content (AvgIpc) is 3.23. The van der Waals surface area contributed by atoms with Crippen LogP contribution in [0.2, 0.25) is 0 Å². The van der Waals surface area contributed by atoms with Crippen LogP contribution in [0.15, 0.2) is 6.33 Å². The molecule has 1 heterocycles. The highest BCUT2D eigenvalue weighted by molar-refractivity contribution is 5.19. The number of nitrogens with one attached hydrogen (secondary N) is 1. The molecule has 3 aliphatic carbocycles. The van der Waals surface area contributed by atoms with E-state index in [0.717, 1.165) is 25.7 Å². The maximum Gasteiger partial charge on any atom is 0.108 e. The Morgan fingerprint density at radius 1 is 1.24 bits per heavy atom. The van der Waals surface area contributed by atoms with Crippen molar-refractivity contribution < 1.29 is 0 Å². The second-order valence-corrected chi connectivity index (χ2v) is 7.12. The van der Waals surface area contributed by atoms with Crippen LogP contribution in [0.1, 0.15) is 68.8 Å². The van der Waals surface area contributed by atoms with Crippen molar-refractivity contribution in [1.82, 2.24) is 14.9 Å². The van der Waals surface area contributed by atoms with Gasteiger partial charge in [0.2, 0.25) is 0 Å². The molecule has 2 atom stereocenters. The van der Waals surface area contributed by atoms with Gasteiger partial charge in [-0.2, -0.15) is 5.26 Å². The van der Waals surface area contributed by atoms with Gasteiger partial charge in [0.25, 0.3) is 0 Å². The SMILES string of the molecule is N#CC1(NC2CC2)CCCC(n2cnc3c2CCCC3)C1. The Labute approximate surface area is 126 Å². The summed E-state index contributed by atoms with van der Waals surface area (Å²) in [7, 11) is 0. The van der Waals surface area contributed by atoms with Crippen LogP contribution in [0.3, 0.4) is 0 Å². The van der Waals surface area contributed by atoms with E-state index in [1.54, 1.807) is 0 Å². The van der Waals surface area contributed by atoms with Gasteiger partial charge in [-0.15, -0.1) is 0 Å². The molecular weight excluding hydrogens is 260 g/mol. The molecule has 4 nitrogen and oxygen atoms in total. The minimum atomic E-state index is -0.296.